The van der Waals surface area contributed by atoms with Crippen molar-refractivity contribution in [1.29, 1.82) is 0 Å². The summed E-state index contributed by atoms with van der Waals surface area (Å²) in [6.07, 6.45) is -7.92. The lowest BCUT2D eigenvalue weighted by atomic mass is 10.2. The third-order valence-electron chi connectivity index (χ3n) is 0.414. The van der Waals surface area contributed by atoms with E-state index in [4.69, 9.17) is 12.3 Å². The van der Waals surface area contributed by atoms with Crippen LogP contribution in [0.3, 0.4) is 0 Å². The molecule has 1 nitrogen and oxygen atoms in total. The zero-order valence-corrected chi connectivity index (χ0v) is 3.08. The summed E-state index contributed by atoms with van der Waals surface area (Å²) in [6.45, 7) is -5.48. The van der Waals surface area contributed by atoms with E-state index in [1.54, 1.807) is 5.32 Å². The minimum atomic E-state index is -2.97. The van der Waals surface area contributed by atoms with Gasteiger partial charge in [0, 0.05) is 12.3 Å². The first-order valence-electron chi connectivity index (χ1n) is 6.15. The second-order valence-corrected chi connectivity index (χ2v) is 0.808. The van der Waals surface area contributed by atoms with Crippen LogP contribution < -0.4 is 5.32 Å². The number of hydrogen-bond acceptors (Lipinski definition) is 1. The summed E-state index contributed by atoms with van der Waals surface area (Å²) in [5.41, 5.74) is 0. The smallest absolute Gasteiger partial charge is 0.0428 e. The van der Waals surface area contributed by atoms with Crippen molar-refractivity contribution in [3.63, 3.8) is 0 Å². The molecule has 1 saturated heterocycles. The highest BCUT2D eigenvalue weighted by molar-refractivity contribution is 4.55. The predicted molar refractivity (Wildman–Crippen MR) is 26.7 cm³/mol. The van der Waals surface area contributed by atoms with Crippen LogP contribution in [0.25, 0.3) is 0 Å². The van der Waals surface area contributed by atoms with Crippen LogP contribution >= 0.6 is 0 Å². The Labute approximate surface area is 51.4 Å². The van der Waals surface area contributed by atoms with E-state index in [0.717, 1.165) is 0 Å². The Morgan fingerprint density at radius 3 is 3.33 bits per heavy atom. The standard InChI is InChI=1S/C5H11N/c1-2-4-6-5-3-1/h6H,1-5H2/i1D2,2D,3D2,4D2,5D2. The van der Waals surface area contributed by atoms with Gasteiger partial charge < -0.3 is 5.32 Å². The normalized spacial score (nSPS) is 92.0. The van der Waals surface area contributed by atoms with Gasteiger partial charge >= 0.3 is 0 Å². The first-order valence-corrected chi connectivity index (χ1v) is 1.58. The third kappa shape index (κ3) is 0.977. The number of nitrogens with one attached hydrogen (secondary N) is 1. The molecule has 0 aromatic rings. The van der Waals surface area contributed by atoms with Crippen LogP contribution in [0.15, 0.2) is 0 Å². The lowest BCUT2D eigenvalue weighted by molar-refractivity contribution is 0.520. The summed E-state index contributed by atoms with van der Waals surface area (Å²) in [7, 11) is 0. The molecule has 0 aromatic carbocycles. The van der Waals surface area contributed by atoms with Crippen molar-refractivity contribution in [2.45, 2.75) is 19.1 Å². The van der Waals surface area contributed by atoms with Crippen molar-refractivity contribution in [3.05, 3.63) is 0 Å². The average Bonchev–Trinajstić information content (AvgIpc) is 1.98. The zero-order valence-electron chi connectivity index (χ0n) is 12.1. The van der Waals surface area contributed by atoms with Crippen molar-refractivity contribution >= 4 is 0 Å². The van der Waals surface area contributed by atoms with Gasteiger partial charge in [-0.2, -0.15) is 0 Å². The van der Waals surface area contributed by atoms with Crippen LogP contribution in [0.1, 0.15) is 31.5 Å². The molecule has 1 rings (SSSR count). The number of rotatable bonds is 0. The van der Waals surface area contributed by atoms with Crippen molar-refractivity contribution < 1.29 is 12.3 Å². The highest BCUT2D eigenvalue weighted by atomic mass is 14.9. The predicted octanol–water partition coefficient (Wildman–Crippen LogP) is 0.760. The van der Waals surface area contributed by atoms with Gasteiger partial charge in [-0.15, -0.1) is 0 Å². The van der Waals surface area contributed by atoms with Gasteiger partial charge in [0.15, 0.2) is 0 Å². The summed E-state index contributed by atoms with van der Waals surface area (Å²) in [5.74, 6) is 0. The molecular weight excluding hydrogens is 74.1 g/mol. The summed E-state index contributed by atoms with van der Waals surface area (Å²) >= 11 is 0. The lowest BCUT2D eigenvalue weighted by Crippen LogP contribution is -2.21. The summed E-state index contributed by atoms with van der Waals surface area (Å²) in [5, 5.41) is 1.69. The van der Waals surface area contributed by atoms with Crippen molar-refractivity contribution in [2.75, 3.05) is 13.0 Å². The SMILES string of the molecule is [2H]C1C([2H])([2H])NC([2H])([2H])C([2H])([2H])C1([2H])[2H]. The summed E-state index contributed by atoms with van der Waals surface area (Å²) in [4.78, 5) is 0. The van der Waals surface area contributed by atoms with E-state index < -0.39 is 32.1 Å². The van der Waals surface area contributed by atoms with Gasteiger partial charge in [-0.25, -0.2) is 0 Å². The molecule has 1 fully saturated rings. The van der Waals surface area contributed by atoms with E-state index in [-0.39, 0.29) is 0 Å². The van der Waals surface area contributed by atoms with Crippen LogP contribution in [0.4, 0.5) is 0 Å². The lowest BCUT2D eigenvalue weighted by Gasteiger charge is -2.08. The molecule has 0 bridgehead atoms. The van der Waals surface area contributed by atoms with Crippen molar-refractivity contribution in [2.24, 2.45) is 0 Å². The zero-order chi connectivity index (χ0) is 12.3. The molecule has 1 aliphatic heterocycles. The molecule has 0 amide bonds. The van der Waals surface area contributed by atoms with E-state index in [9.17, 15) is 0 Å². The van der Waals surface area contributed by atoms with Crippen LogP contribution in [0, 0.1) is 0 Å². The molecule has 6 heavy (non-hydrogen) atoms. The molecule has 0 spiro atoms. The Morgan fingerprint density at radius 2 is 2.33 bits per heavy atom. The maximum atomic E-state index is 7.33. The van der Waals surface area contributed by atoms with E-state index in [0.29, 0.717) is 0 Å². The van der Waals surface area contributed by atoms with Gasteiger partial charge in [-0.3, -0.25) is 0 Å². The first kappa shape index (κ1) is 0.655. The van der Waals surface area contributed by atoms with Gasteiger partial charge in [0.2, 0.25) is 0 Å². The van der Waals surface area contributed by atoms with Gasteiger partial charge in [0.25, 0.3) is 0 Å². The molecule has 1 heteroatoms. The Morgan fingerprint density at radius 1 is 1.33 bits per heavy atom. The Hall–Kier alpha value is -0.0400. The largest absolute Gasteiger partial charge is 0.317 e. The topological polar surface area (TPSA) is 12.0 Å². The van der Waals surface area contributed by atoms with Gasteiger partial charge in [-0.05, 0) is 25.8 Å². The Balaban J connectivity index is 3.27. The minimum absolute atomic E-state index is 1.69. The van der Waals surface area contributed by atoms with Gasteiger partial charge in [-0.1, -0.05) is 6.37 Å². The first-order chi connectivity index (χ1) is 6.36. The Kier molecular flexibility index (Phi) is 0.239. The molecule has 1 atom stereocenters. The highest BCUT2D eigenvalue weighted by Gasteiger charge is 1.93. The summed E-state index contributed by atoms with van der Waals surface area (Å²) in [6, 6.07) is 0. The van der Waals surface area contributed by atoms with E-state index in [1.165, 1.54) is 0 Å². The van der Waals surface area contributed by atoms with Crippen molar-refractivity contribution in [3.8, 4) is 0 Å². The molecule has 0 aliphatic carbocycles. The number of hydrogen-bond donors (Lipinski definition) is 1. The van der Waals surface area contributed by atoms with Crippen LogP contribution in [-0.4, -0.2) is 13.0 Å². The molecule has 0 radical (unpaired) electrons. The van der Waals surface area contributed by atoms with Crippen molar-refractivity contribution in [1.82, 2.24) is 5.32 Å². The quantitative estimate of drug-likeness (QED) is 0.467. The third-order valence-corrected chi connectivity index (χ3v) is 0.414. The molecule has 0 saturated carbocycles. The molecule has 1 aliphatic rings. The molecule has 1 heterocycles. The maximum absolute atomic E-state index is 7.33. The maximum Gasteiger partial charge on any atom is 0.0428 e. The fraction of sp³-hybridized carbons (Fsp3) is 1.00. The van der Waals surface area contributed by atoms with Crippen LogP contribution in [-0.2, 0) is 0 Å². The van der Waals surface area contributed by atoms with E-state index >= 15 is 0 Å². The van der Waals surface area contributed by atoms with Crippen LogP contribution in [0.2, 0.25) is 0 Å². The monoisotopic (exact) mass is 94.1 g/mol. The second kappa shape index (κ2) is 2.19. The van der Waals surface area contributed by atoms with Gasteiger partial charge in [0.1, 0.15) is 0 Å². The van der Waals surface area contributed by atoms with Gasteiger partial charge in [0.05, 0.1) is 0 Å². The highest BCUT2D eigenvalue weighted by Crippen LogP contribution is 1.96. The average molecular weight is 94.2 g/mol. The second-order valence-electron chi connectivity index (χ2n) is 0.808. The molecule has 36 valence electrons. The fourth-order valence-corrected chi connectivity index (χ4v) is 0.212. The fourth-order valence-electron chi connectivity index (χ4n) is 0.212. The molecule has 1 N–H and O–H groups in total. The van der Waals surface area contributed by atoms with E-state index in [1.807, 2.05) is 0 Å². The summed E-state index contributed by atoms with van der Waals surface area (Å²) < 4.78 is 65.5. The minimum Gasteiger partial charge on any atom is -0.317 e. The number of piperidine rings is 1. The molecular formula is C5H11N. The molecule has 0 aromatic heterocycles. The Bertz CT molecular complexity index is 272. The van der Waals surface area contributed by atoms with Crippen LogP contribution in [0.5, 0.6) is 0 Å². The van der Waals surface area contributed by atoms with E-state index in [2.05, 4.69) is 0 Å². The molecule has 1 unspecified atom stereocenters.